The molecule has 6 rings (SSSR count). The molecule has 180 valence electrons. The van der Waals surface area contributed by atoms with Crippen LogP contribution in [0.2, 0.25) is 0 Å². The van der Waals surface area contributed by atoms with Crippen LogP contribution in [0, 0.1) is 0 Å². The van der Waals surface area contributed by atoms with Crippen LogP contribution in [0.15, 0.2) is 86.8 Å². The van der Waals surface area contributed by atoms with Gasteiger partial charge in [0.2, 0.25) is 18.3 Å². The number of para-hydroxylation sites is 1. The van der Waals surface area contributed by atoms with E-state index in [9.17, 15) is 14.4 Å². The van der Waals surface area contributed by atoms with E-state index in [2.05, 4.69) is 5.32 Å². The average Bonchev–Trinajstić information content (AvgIpc) is 3.53. The van der Waals surface area contributed by atoms with E-state index in [-0.39, 0.29) is 31.4 Å². The molecule has 3 aromatic carbocycles. The summed E-state index contributed by atoms with van der Waals surface area (Å²) >= 11 is 0. The number of nitrogens with zero attached hydrogens (tertiary/aromatic N) is 2. The molecule has 9 heteroatoms. The lowest BCUT2D eigenvalue weighted by atomic mass is 10.2. The van der Waals surface area contributed by atoms with E-state index in [0.717, 1.165) is 10.1 Å². The van der Waals surface area contributed by atoms with Crippen LogP contribution < -0.4 is 26.0 Å². The number of carbonyl (C=O) groups is 1. The molecule has 0 fully saturated rings. The van der Waals surface area contributed by atoms with E-state index in [1.807, 2.05) is 30.3 Å². The van der Waals surface area contributed by atoms with Gasteiger partial charge in [0.1, 0.15) is 17.6 Å². The van der Waals surface area contributed by atoms with Gasteiger partial charge in [-0.25, -0.2) is 4.79 Å². The zero-order chi connectivity index (χ0) is 24.6. The fraction of sp³-hybridized carbons (Fsp3) is 0.148. The Hall–Kier alpha value is -4.79. The zero-order valence-corrected chi connectivity index (χ0v) is 19.1. The number of benzene rings is 3. The molecule has 9 nitrogen and oxygen atoms in total. The number of furan rings is 1. The maximum Gasteiger partial charge on any atom is 0.332 e. The molecule has 5 aromatic rings. The predicted molar refractivity (Wildman–Crippen MR) is 132 cm³/mol. The Labute approximate surface area is 204 Å². The third kappa shape index (κ3) is 3.80. The van der Waals surface area contributed by atoms with Gasteiger partial charge in [-0.05, 0) is 35.4 Å². The van der Waals surface area contributed by atoms with E-state index in [4.69, 9.17) is 13.9 Å². The summed E-state index contributed by atoms with van der Waals surface area (Å²) in [5, 5.41) is 3.44. The molecule has 1 amide bonds. The van der Waals surface area contributed by atoms with Crippen LogP contribution in [0.4, 0.5) is 0 Å². The second-order valence-corrected chi connectivity index (χ2v) is 8.49. The van der Waals surface area contributed by atoms with Crippen molar-refractivity contribution < 1.29 is 18.7 Å². The number of carbonyl (C=O) groups excluding carboxylic acids is 1. The number of hydrogen-bond donors (Lipinski definition) is 1. The van der Waals surface area contributed by atoms with Crippen molar-refractivity contribution in [1.29, 1.82) is 0 Å². The average molecular weight is 483 g/mol. The minimum atomic E-state index is -0.605. The fourth-order valence-corrected chi connectivity index (χ4v) is 4.40. The Balaban J connectivity index is 1.43. The maximum atomic E-state index is 13.6. The quantitative estimate of drug-likeness (QED) is 0.398. The summed E-state index contributed by atoms with van der Waals surface area (Å²) < 4.78 is 19.0. The number of ether oxygens (including phenoxy) is 2. The lowest BCUT2D eigenvalue weighted by molar-refractivity contribution is -0.121. The van der Waals surface area contributed by atoms with E-state index in [1.165, 1.54) is 4.57 Å². The van der Waals surface area contributed by atoms with Crippen molar-refractivity contribution in [2.45, 2.75) is 19.6 Å². The monoisotopic (exact) mass is 483 g/mol. The van der Waals surface area contributed by atoms with E-state index in [0.29, 0.717) is 40.1 Å². The van der Waals surface area contributed by atoms with Crippen molar-refractivity contribution >= 4 is 28.0 Å². The third-order valence-electron chi connectivity index (χ3n) is 6.15. The number of rotatable bonds is 6. The molecule has 0 radical (unpaired) electrons. The summed E-state index contributed by atoms with van der Waals surface area (Å²) in [6.45, 7) is 0.148. The molecule has 1 aliphatic heterocycles. The lowest BCUT2D eigenvalue weighted by Crippen LogP contribution is -2.42. The molecule has 2 aromatic heterocycles. The first-order chi connectivity index (χ1) is 17.6. The second-order valence-electron chi connectivity index (χ2n) is 8.49. The summed E-state index contributed by atoms with van der Waals surface area (Å²) in [4.78, 5) is 39.9. The van der Waals surface area contributed by atoms with Gasteiger partial charge in [0, 0.05) is 11.9 Å². The molecular formula is C27H21N3O6. The molecule has 0 saturated carbocycles. The Bertz CT molecular complexity index is 1730. The molecule has 0 unspecified atom stereocenters. The van der Waals surface area contributed by atoms with Gasteiger partial charge in [-0.2, -0.15) is 0 Å². The van der Waals surface area contributed by atoms with Crippen LogP contribution in [0.25, 0.3) is 22.1 Å². The normalized spacial score (nSPS) is 12.3. The van der Waals surface area contributed by atoms with Gasteiger partial charge in [0.05, 0.1) is 6.54 Å². The third-order valence-corrected chi connectivity index (χ3v) is 6.15. The molecule has 1 N–H and O–H groups in total. The van der Waals surface area contributed by atoms with Gasteiger partial charge < -0.3 is 19.2 Å². The number of fused-ring (bicyclic) bond motifs is 4. The predicted octanol–water partition coefficient (Wildman–Crippen LogP) is 3.00. The van der Waals surface area contributed by atoms with Crippen molar-refractivity contribution in [2.24, 2.45) is 0 Å². The molecular weight excluding hydrogens is 462 g/mol. The SMILES string of the molecule is O=C(Cn1c(=O)n(Cc2ccc3c(c2)OCO3)c(=O)c2oc3ccccc3c21)NCc1ccccc1. The van der Waals surface area contributed by atoms with Crippen molar-refractivity contribution in [3.8, 4) is 11.5 Å². The van der Waals surface area contributed by atoms with Gasteiger partial charge in [0.15, 0.2) is 11.5 Å². The Kier molecular flexibility index (Phi) is 5.29. The van der Waals surface area contributed by atoms with Crippen LogP contribution in [-0.4, -0.2) is 21.8 Å². The standard InChI is InChI=1S/C27H21N3O6/c31-23(28-13-17-6-2-1-3-7-17)15-29-24-19-8-4-5-9-20(19)36-25(24)26(32)30(27(29)33)14-18-10-11-21-22(12-18)35-16-34-21/h1-12H,13-16H2,(H,28,31). The van der Waals surface area contributed by atoms with Crippen molar-refractivity contribution in [1.82, 2.24) is 14.5 Å². The summed E-state index contributed by atoms with van der Waals surface area (Å²) in [5.74, 6) is 0.790. The van der Waals surface area contributed by atoms with Crippen LogP contribution >= 0.6 is 0 Å². The molecule has 3 heterocycles. The Morgan fingerprint density at radius 1 is 0.861 bits per heavy atom. The maximum absolute atomic E-state index is 13.6. The highest BCUT2D eigenvalue weighted by molar-refractivity contribution is 6.02. The van der Waals surface area contributed by atoms with E-state index < -0.39 is 11.2 Å². The van der Waals surface area contributed by atoms with Gasteiger partial charge in [-0.15, -0.1) is 0 Å². The summed E-state index contributed by atoms with van der Waals surface area (Å²) in [7, 11) is 0. The van der Waals surface area contributed by atoms with Gasteiger partial charge in [-0.1, -0.05) is 48.5 Å². The zero-order valence-electron chi connectivity index (χ0n) is 19.1. The van der Waals surface area contributed by atoms with Gasteiger partial charge >= 0.3 is 5.69 Å². The number of amides is 1. The van der Waals surface area contributed by atoms with Crippen molar-refractivity contribution in [2.75, 3.05) is 6.79 Å². The van der Waals surface area contributed by atoms with Gasteiger partial charge in [-0.3, -0.25) is 18.7 Å². The minimum absolute atomic E-state index is 0.0207. The summed E-state index contributed by atoms with van der Waals surface area (Å²) in [5.41, 5.74) is 1.23. The molecule has 0 bridgehead atoms. The van der Waals surface area contributed by atoms with Crippen LogP contribution in [-0.2, 0) is 24.4 Å². The lowest BCUT2D eigenvalue weighted by Gasteiger charge is -2.13. The first-order valence-corrected chi connectivity index (χ1v) is 11.4. The highest BCUT2D eigenvalue weighted by Crippen LogP contribution is 2.32. The van der Waals surface area contributed by atoms with Crippen molar-refractivity contribution in [3.63, 3.8) is 0 Å². The highest BCUT2D eigenvalue weighted by atomic mass is 16.7. The molecule has 1 aliphatic rings. The Morgan fingerprint density at radius 3 is 2.50 bits per heavy atom. The smallest absolute Gasteiger partial charge is 0.332 e. The number of nitrogens with one attached hydrogen (secondary N) is 1. The largest absolute Gasteiger partial charge is 0.454 e. The van der Waals surface area contributed by atoms with Crippen molar-refractivity contribution in [3.05, 3.63) is 105 Å². The first-order valence-electron chi connectivity index (χ1n) is 11.4. The number of hydrogen-bond acceptors (Lipinski definition) is 6. The van der Waals surface area contributed by atoms with E-state index >= 15 is 0 Å². The summed E-state index contributed by atoms with van der Waals surface area (Å²) in [6, 6.07) is 21.8. The van der Waals surface area contributed by atoms with Gasteiger partial charge in [0.25, 0.3) is 5.56 Å². The van der Waals surface area contributed by atoms with E-state index in [1.54, 1.807) is 42.5 Å². The molecule has 36 heavy (non-hydrogen) atoms. The van der Waals surface area contributed by atoms with Crippen LogP contribution in [0.3, 0.4) is 0 Å². The molecule has 0 saturated heterocycles. The second kappa shape index (κ2) is 8.77. The highest BCUT2D eigenvalue weighted by Gasteiger charge is 2.22. The number of aromatic nitrogens is 2. The van der Waals surface area contributed by atoms with Crippen LogP contribution in [0.1, 0.15) is 11.1 Å². The molecule has 0 atom stereocenters. The first kappa shape index (κ1) is 21.7. The topological polar surface area (TPSA) is 105 Å². The molecule has 0 spiro atoms. The fourth-order valence-electron chi connectivity index (χ4n) is 4.40. The minimum Gasteiger partial charge on any atom is -0.454 e. The van der Waals surface area contributed by atoms with Crippen LogP contribution in [0.5, 0.6) is 11.5 Å². The summed E-state index contributed by atoms with van der Waals surface area (Å²) in [6.07, 6.45) is 0. The molecule has 0 aliphatic carbocycles. The Morgan fingerprint density at radius 2 is 1.64 bits per heavy atom.